The molecule has 0 bridgehead atoms. The molecule has 2 unspecified atom stereocenters. The van der Waals surface area contributed by atoms with E-state index in [4.69, 9.17) is 11.2 Å². The average molecular weight is 356 g/mol. The Labute approximate surface area is 153 Å². The van der Waals surface area contributed by atoms with Crippen LogP contribution >= 0.6 is 11.8 Å². The number of ketones is 1. The highest BCUT2D eigenvalue weighted by molar-refractivity contribution is 8.01. The van der Waals surface area contributed by atoms with E-state index in [0.717, 1.165) is 30.6 Å². The lowest BCUT2D eigenvalue weighted by Crippen LogP contribution is -2.53. The highest BCUT2D eigenvalue weighted by atomic mass is 32.2. The Morgan fingerprint density at radius 2 is 1.88 bits per heavy atom. The van der Waals surface area contributed by atoms with Crippen LogP contribution in [0, 0.1) is 18.3 Å². The van der Waals surface area contributed by atoms with Crippen molar-refractivity contribution in [3.8, 4) is 12.3 Å². The van der Waals surface area contributed by atoms with Crippen molar-refractivity contribution in [3.05, 3.63) is 30.3 Å². The van der Waals surface area contributed by atoms with E-state index >= 15 is 0 Å². The van der Waals surface area contributed by atoms with E-state index in [-0.39, 0.29) is 11.7 Å². The fraction of sp³-hybridized carbons (Fsp3) is 0.524. The number of hydrogen-bond acceptors (Lipinski definition) is 4. The van der Waals surface area contributed by atoms with Crippen molar-refractivity contribution in [1.82, 2.24) is 0 Å². The number of benzene rings is 1. The van der Waals surface area contributed by atoms with Gasteiger partial charge in [-0.1, -0.05) is 37.5 Å². The standard InChI is InChI=1S/C21H24O3S/c1-2-3-14-21(16-10-6-4-7-11-16)15-18(22)19(20(23)24-21)25-17-12-8-5-9-13-17/h1,5,8-9,12-13,16,19H,3-4,6-7,10-11,14-15H2. The maximum absolute atomic E-state index is 12.9. The van der Waals surface area contributed by atoms with Crippen LogP contribution in [0.3, 0.4) is 0 Å². The van der Waals surface area contributed by atoms with Crippen LogP contribution in [0.1, 0.15) is 51.4 Å². The normalized spacial score (nSPS) is 27.6. The van der Waals surface area contributed by atoms with E-state index in [9.17, 15) is 9.59 Å². The second kappa shape index (κ2) is 8.10. The number of ether oxygens (including phenoxy) is 1. The molecule has 0 aromatic heterocycles. The quantitative estimate of drug-likeness (QED) is 0.446. The SMILES string of the molecule is C#CCCC1(C2CCCCC2)CC(=O)C(Sc2ccccc2)C(=O)O1. The van der Waals surface area contributed by atoms with Gasteiger partial charge < -0.3 is 4.74 Å². The predicted octanol–water partition coefficient (Wildman–Crippen LogP) is 4.40. The molecule has 1 saturated heterocycles. The van der Waals surface area contributed by atoms with Gasteiger partial charge in [0.05, 0.1) is 0 Å². The van der Waals surface area contributed by atoms with Gasteiger partial charge in [0.15, 0.2) is 11.0 Å². The molecule has 1 heterocycles. The zero-order valence-corrected chi connectivity index (χ0v) is 15.2. The molecular weight excluding hydrogens is 332 g/mol. The third kappa shape index (κ3) is 4.10. The molecule has 2 fully saturated rings. The predicted molar refractivity (Wildman–Crippen MR) is 99.2 cm³/mol. The number of esters is 1. The molecule has 132 valence electrons. The topological polar surface area (TPSA) is 43.4 Å². The molecule has 1 aliphatic heterocycles. The van der Waals surface area contributed by atoms with E-state index in [0.29, 0.717) is 19.3 Å². The molecule has 0 N–H and O–H groups in total. The number of carbonyl (C=O) groups excluding carboxylic acids is 2. The first-order valence-electron chi connectivity index (χ1n) is 9.05. The molecule has 1 saturated carbocycles. The zero-order chi connectivity index (χ0) is 17.7. The Morgan fingerprint density at radius 1 is 1.16 bits per heavy atom. The number of hydrogen-bond donors (Lipinski definition) is 0. The van der Waals surface area contributed by atoms with E-state index in [1.807, 2.05) is 30.3 Å². The molecule has 3 nitrogen and oxygen atoms in total. The largest absolute Gasteiger partial charge is 0.457 e. The van der Waals surface area contributed by atoms with Gasteiger partial charge in [0.2, 0.25) is 0 Å². The Morgan fingerprint density at radius 3 is 2.52 bits per heavy atom. The van der Waals surface area contributed by atoms with E-state index in [1.165, 1.54) is 18.2 Å². The maximum Gasteiger partial charge on any atom is 0.327 e. The van der Waals surface area contributed by atoms with Crippen molar-refractivity contribution < 1.29 is 14.3 Å². The van der Waals surface area contributed by atoms with Gasteiger partial charge in [-0.15, -0.1) is 24.1 Å². The maximum atomic E-state index is 12.9. The van der Waals surface area contributed by atoms with Crippen LogP contribution in [0.25, 0.3) is 0 Å². The summed E-state index contributed by atoms with van der Waals surface area (Å²) in [6.07, 6.45) is 12.4. The van der Waals surface area contributed by atoms with E-state index < -0.39 is 16.8 Å². The van der Waals surface area contributed by atoms with Crippen LogP contribution in [-0.2, 0) is 14.3 Å². The van der Waals surface area contributed by atoms with Gasteiger partial charge in [0, 0.05) is 17.7 Å². The average Bonchev–Trinajstić information content (AvgIpc) is 2.65. The number of carbonyl (C=O) groups is 2. The first kappa shape index (κ1) is 18.1. The van der Waals surface area contributed by atoms with Crippen molar-refractivity contribution in [2.45, 2.75) is 67.1 Å². The smallest absolute Gasteiger partial charge is 0.327 e. The molecular formula is C21H24O3S. The minimum absolute atomic E-state index is 0.0207. The van der Waals surface area contributed by atoms with Gasteiger partial charge in [-0.2, -0.15) is 0 Å². The van der Waals surface area contributed by atoms with Gasteiger partial charge in [0.1, 0.15) is 5.60 Å². The Hall–Kier alpha value is -1.73. The monoisotopic (exact) mass is 356 g/mol. The Bertz CT molecular complexity index is 637. The molecule has 2 atom stereocenters. The minimum Gasteiger partial charge on any atom is -0.457 e. The van der Waals surface area contributed by atoms with Crippen LogP contribution in [0.5, 0.6) is 0 Å². The fourth-order valence-electron chi connectivity index (χ4n) is 4.04. The van der Waals surface area contributed by atoms with Crippen LogP contribution < -0.4 is 0 Å². The van der Waals surface area contributed by atoms with Crippen molar-refractivity contribution in [2.75, 3.05) is 0 Å². The molecule has 25 heavy (non-hydrogen) atoms. The highest BCUT2D eigenvalue weighted by Gasteiger charge is 2.51. The molecule has 3 rings (SSSR count). The van der Waals surface area contributed by atoms with Gasteiger partial charge in [0.25, 0.3) is 0 Å². The number of rotatable bonds is 5. The summed E-state index contributed by atoms with van der Waals surface area (Å²) < 4.78 is 5.99. The molecule has 1 aromatic carbocycles. The fourth-order valence-corrected chi connectivity index (χ4v) is 4.99. The lowest BCUT2D eigenvalue weighted by Gasteiger charge is -2.45. The van der Waals surface area contributed by atoms with Crippen LogP contribution in [0.4, 0.5) is 0 Å². The Kier molecular flexibility index (Phi) is 5.86. The van der Waals surface area contributed by atoms with Crippen LogP contribution in [-0.4, -0.2) is 22.6 Å². The summed E-state index contributed by atoms with van der Waals surface area (Å²) in [7, 11) is 0. The van der Waals surface area contributed by atoms with Crippen molar-refractivity contribution >= 4 is 23.5 Å². The summed E-state index contributed by atoms with van der Waals surface area (Å²) in [5, 5.41) is -0.759. The molecule has 4 heteroatoms. The van der Waals surface area contributed by atoms with Gasteiger partial charge in [-0.05, 0) is 37.3 Å². The summed E-state index contributed by atoms with van der Waals surface area (Å²) >= 11 is 1.29. The van der Waals surface area contributed by atoms with Gasteiger partial charge in [-0.25, -0.2) is 0 Å². The third-order valence-corrected chi connectivity index (χ3v) is 6.56. The second-order valence-electron chi connectivity index (χ2n) is 6.98. The lowest BCUT2D eigenvalue weighted by atomic mass is 9.71. The van der Waals surface area contributed by atoms with Crippen molar-refractivity contribution in [2.24, 2.45) is 5.92 Å². The van der Waals surface area contributed by atoms with Crippen LogP contribution in [0.15, 0.2) is 35.2 Å². The van der Waals surface area contributed by atoms with Crippen molar-refractivity contribution in [1.29, 1.82) is 0 Å². The number of Topliss-reactive ketones (excluding diaryl/α,β-unsaturated/α-hetero) is 1. The first-order chi connectivity index (χ1) is 12.1. The van der Waals surface area contributed by atoms with Crippen LogP contribution in [0.2, 0.25) is 0 Å². The molecule has 0 spiro atoms. The summed E-state index contributed by atoms with van der Waals surface area (Å²) in [5.74, 6) is 2.49. The Balaban J connectivity index is 1.78. The second-order valence-corrected chi connectivity index (χ2v) is 8.16. The number of cyclic esters (lactones) is 1. The van der Waals surface area contributed by atoms with Gasteiger partial charge in [-0.3, -0.25) is 9.59 Å². The zero-order valence-electron chi connectivity index (χ0n) is 14.4. The third-order valence-electron chi connectivity index (χ3n) is 5.32. The van der Waals surface area contributed by atoms with E-state index in [1.54, 1.807) is 0 Å². The number of thioether (sulfide) groups is 1. The molecule has 2 aliphatic rings. The molecule has 0 radical (unpaired) electrons. The van der Waals surface area contributed by atoms with E-state index in [2.05, 4.69) is 5.92 Å². The first-order valence-corrected chi connectivity index (χ1v) is 9.93. The minimum atomic E-state index is -0.759. The van der Waals surface area contributed by atoms with Crippen molar-refractivity contribution in [3.63, 3.8) is 0 Å². The summed E-state index contributed by atoms with van der Waals surface area (Å²) in [6, 6.07) is 9.54. The molecule has 1 aromatic rings. The van der Waals surface area contributed by atoms with Gasteiger partial charge >= 0.3 is 5.97 Å². The summed E-state index contributed by atoms with van der Waals surface area (Å²) in [6.45, 7) is 0. The molecule has 0 amide bonds. The lowest BCUT2D eigenvalue weighted by molar-refractivity contribution is -0.179. The number of terminal acetylenes is 1. The highest BCUT2D eigenvalue weighted by Crippen LogP contribution is 2.44. The summed E-state index contributed by atoms with van der Waals surface area (Å²) in [4.78, 5) is 26.5. The summed E-state index contributed by atoms with van der Waals surface area (Å²) in [5.41, 5.74) is -0.686. The molecule has 1 aliphatic carbocycles.